The van der Waals surface area contributed by atoms with Gasteiger partial charge in [0.25, 0.3) is 0 Å². The van der Waals surface area contributed by atoms with Gasteiger partial charge in [-0.25, -0.2) is 4.79 Å². The number of ether oxygens (including phenoxy) is 1. The lowest BCUT2D eigenvalue weighted by Gasteiger charge is -2.12. The molecule has 3 aromatic rings. The highest BCUT2D eigenvalue weighted by Gasteiger charge is 2.14. The summed E-state index contributed by atoms with van der Waals surface area (Å²) < 4.78 is 4.94. The van der Waals surface area contributed by atoms with E-state index in [0.29, 0.717) is 5.56 Å². The molecule has 0 aliphatic rings. The molecule has 0 heterocycles. The monoisotopic (exact) mass is 380 g/mol. The van der Waals surface area contributed by atoms with E-state index in [9.17, 15) is 4.79 Å². The molecule has 0 atom stereocenters. The van der Waals surface area contributed by atoms with Crippen LogP contribution >= 0.6 is 15.9 Å². The Bertz CT molecular complexity index is 839. The van der Waals surface area contributed by atoms with E-state index in [0.717, 1.165) is 27.6 Å². The molecule has 0 amide bonds. The second kappa shape index (κ2) is 7.45. The van der Waals surface area contributed by atoms with Crippen molar-refractivity contribution in [3.8, 4) is 22.3 Å². The minimum Gasteiger partial charge on any atom is -0.465 e. The summed E-state index contributed by atoms with van der Waals surface area (Å²) >= 11 is 3.46. The standard InChI is InChI=1S/C21H17BrO2/c1-24-21(23)19-12-11-18(16-5-3-2-4-6-16)13-20(19)17-9-7-15(14-22)8-10-17/h2-13H,14H2,1H3. The van der Waals surface area contributed by atoms with Gasteiger partial charge in [0.1, 0.15) is 0 Å². The van der Waals surface area contributed by atoms with Crippen molar-refractivity contribution in [3.05, 3.63) is 83.9 Å². The highest BCUT2D eigenvalue weighted by Crippen LogP contribution is 2.30. The maximum atomic E-state index is 12.1. The molecule has 3 rings (SSSR count). The number of alkyl halides is 1. The predicted molar refractivity (Wildman–Crippen MR) is 101 cm³/mol. The Morgan fingerprint density at radius 2 is 1.54 bits per heavy atom. The van der Waals surface area contributed by atoms with Crippen LogP contribution < -0.4 is 0 Å². The smallest absolute Gasteiger partial charge is 0.338 e. The minimum atomic E-state index is -0.325. The van der Waals surface area contributed by atoms with E-state index in [4.69, 9.17) is 4.74 Å². The summed E-state index contributed by atoms with van der Waals surface area (Å²) in [5, 5.41) is 0.807. The van der Waals surface area contributed by atoms with Crippen molar-refractivity contribution in [2.75, 3.05) is 7.11 Å². The van der Waals surface area contributed by atoms with Crippen LogP contribution in [0.1, 0.15) is 15.9 Å². The predicted octanol–water partition coefficient (Wildman–Crippen LogP) is 5.70. The van der Waals surface area contributed by atoms with E-state index in [1.54, 1.807) is 0 Å². The number of esters is 1. The molecule has 3 heteroatoms. The van der Waals surface area contributed by atoms with Gasteiger partial charge in [-0.05, 0) is 39.9 Å². The Hall–Kier alpha value is -2.39. The molecule has 0 fully saturated rings. The van der Waals surface area contributed by atoms with Gasteiger partial charge in [-0.15, -0.1) is 0 Å². The average molecular weight is 381 g/mol. The van der Waals surface area contributed by atoms with Crippen LogP contribution in [0.5, 0.6) is 0 Å². The van der Waals surface area contributed by atoms with Crippen LogP contribution in [0, 0.1) is 0 Å². The Kier molecular flexibility index (Phi) is 5.11. The number of carbonyl (C=O) groups excluding carboxylic acids is 1. The molecule has 24 heavy (non-hydrogen) atoms. The van der Waals surface area contributed by atoms with Crippen LogP contribution in [-0.4, -0.2) is 13.1 Å². The van der Waals surface area contributed by atoms with Crippen molar-refractivity contribution in [2.45, 2.75) is 5.33 Å². The van der Waals surface area contributed by atoms with Gasteiger partial charge < -0.3 is 4.74 Å². The first-order valence-corrected chi connectivity index (χ1v) is 8.78. The number of benzene rings is 3. The van der Waals surface area contributed by atoms with E-state index in [1.807, 2.05) is 48.5 Å². The third kappa shape index (κ3) is 3.41. The van der Waals surface area contributed by atoms with Crippen LogP contribution in [0.15, 0.2) is 72.8 Å². The van der Waals surface area contributed by atoms with Crippen LogP contribution in [0.2, 0.25) is 0 Å². The number of rotatable bonds is 4. The largest absolute Gasteiger partial charge is 0.465 e. The van der Waals surface area contributed by atoms with Crippen molar-refractivity contribution in [2.24, 2.45) is 0 Å². The van der Waals surface area contributed by atoms with Crippen molar-refractivity contribution in [1.82, 2.24) is 0 Å². The van der Waals surface area contributed by atoms with Crippen LogP contribution in [0.25, 0.3) is 22.3 Å². The summed E-state index contributed by atoms with van der Waals surface area (Å²) in [5.74, 6) is -0.325. The van der Waals surface area contributed by atoms with Crippen LogP contribution in [0.3, 0.4) is 0 Å². The molecule has 0 bridgehead atoms. The fourth-order valence-electron chi connectivity index (χ4n) is 2.65. The summed E-state index contributed by atoms with van der Waals surface area (Å²) in [4.78, 5) is 12.1. The lowest BCUT2D eigenvalue weighted by molar-refractivity contribution is 0.0601. The molecule has 0 saturated carbocycles. The number of hydrogen-bond donors (Lipinski definition) is 0. The van der Waals surface area contributed by atoms with Crippen molar-refractivity contribution in [1.29, 1.82) is 0 Å². The van der Waals surface area contributed by atoms with Gasteiger partial charge in [0, 0.05) is 5.33 Å². The van der Waals surface area contributed by atoms with E-state index >= 15 is 0 Å². The molecule has 2 nitrogen and oxygen atoms in total. The molecule has 120 valence electrons. The summed E-state index contributed by atoms with van der Waals surface area (Å²) in [7, 11) is 1.41. The molecule has 0 saturated heterocycles. The normalized spacial score (nSPS) is 10.4. The number of carbonyl (C=O) groups is 1. The lowest BCUT2D eigenvalue weighted by atomic mass is 9.94. The summed E-state index contributed by atoms with van der Waals surface area (Å²) in [5.41, 5.74) is 5.83. The summed E-state index contributed by atoms with van der Waals surface area (Å²) in [6.45, 7) is 0. The minimum absolute atomic E-state index is 0.325. The third-order valence-electron chi connectivity index (χ3n) is 3.95. The molecule has 3 aromatic carbocycles. The van der Waals surface area contributed by atoms with E-state index in [2.05, 4.69) is 40.2 Å². The highest BCUT2D eigenvalue weighted by atomic mass is 79.9. The molecule has 0 spiro atoms. The summed E-state index contributed by atoms with van der Waals surface area (Å²) in [6.07, 6.45) is 0. The molecule has 0 aliphatic heterocycles. The van der Waals surface area contributed by atoms with Crippen molar-refractivity contribution in [3.63, 3.8) is 0 Å². The lowest BCUT2D eigenvalue weighted by Crippen LogP contribution is -2.03. The van der Waals surface area contributed by atoms with Crippen LogP contribution in [0.4, 0.5) is 0 Å². The van der Waals surface area contributed by atoms with Crippen molar-refractivity contribution >= 4 is 21.9 Å². The zero-order chi connectivity index (χ0) is 16.9. The third-order valence-corrected chi connectivity index (χ3v) is 4.60. The fraction of sp³-hybridized carbons (Fsp3) is 0.0952. The van der Waals surface area contributed by atoms with Crippen molar-refractivity contribution < 1.29 is 9.53 Å². The zero-order valence-corrected chi connectivity index (χ0v) is 14.9. The number of methoxy groups -OCH3 is 1. The quantitative estimate of drug-likeness (QED) is 0.428. The first-order valence-electron chi connectivity index (χ1n) is 7.66. The molecule has 0 N–H and O–H groups in total. The van der Waals surface area contributed by atoms with Gasteiger partial charge >= 0.3 is 5.97 Å². The summed E-state index contributed by atoms with van der Waals surface area (Å²) in [6, 6.07) is 24.1. The zero-order valence-electron chi connectivity index (χ0n) is 13.3. The second-order valence-electron chi connectivity index (χ2n) is 5.45. The first-order chi connectivity index (χ1) is 11.7. The second-order valence-corrected chi connectivity index (χ2v) is 6.01. The van der Waals surface area contributed by atoms with Gasteiger partial charge in [0.05, 0.1) is 12.7 Å². The Morgan fingerprint density at radius 1 is 0.875 bits per heavy atom. The Morgan fingerprint density at radius 3 is 2.17 bits per heavy atom. The van der Waals surface area contributed by atoms with Gasteiger partial charge in [-0.2, -0.15) is 0 Å². The van der Waals surface area contributed by atoms with Gasteiger partial charge in [-0.1, -0.05) is 76.6 Å². The van der Waals surface area contributed by atoms with Gasteiger partial charge in [0.15, 0.2) is 0 Å². The average Bonchev–Trinajstić information content (AvgIpc) is 2.67. The Labute approximate surface area is 150 Å². The molecule has 0 aliphatic carbocycles. The topological polar surface area (TPSA) is 26.3 Å². The number of hydrogen-bond acceptors (Lipinski definition) is 2. The Balaban J connectivity index is 2.13. The molecule has 0 radical (unpaired) electrons. The van der Waals surface area contributed by atoms with E-state index < -0.39 is 0 Å². The first kappa shape index (κ1) is 16.5. The van der Waals surface area contributed by atoms with Crippen LogP contribution in [-0.2, 0) is 10.1 Å². The molecular weight excluding hydrogens is 364 g/mol. The van der Waals surface area contributed by atoms with Gasteiger partial charge in [-0.3, -0.25) is 0 Å². The number of halogens is 1. The van der Waals surface area contributed by atoms with Gasteiger partial charge in [0.2, 0.25) is 0 Å². The maximum absolute atomic E-state index is 12.1. The van der Waals surface area contributed by atoms with E-state index in [1.165, 1.54) is 12.7 Å². The van der Waals surface area contributed by atoms with E-state index in [-0.39, 0.29) is 5.97 Å². The highest BCUT2D eigenvalue weighted by molar-refractivity contribution is 9.08. The fourth-order valence-corrected chi connectivity index (χ4v) is 3.03. The maximum Gasteiger partial charge on any atom is 0.338 e. The molecular formula is C21H17BrO2. The molecule has 0 aromatic heterocycles. The molecule has 0 unspecified atom stereocenters. The SMILES string of the molecule is COC(=O)c1ccc(-c2ccccc2)cc1-c1ccc(CBr)cc1.